The normalized spacial score (nSPS) is 10.6. The molecule has 13 heavy (non-hydrogen) atoms. The standard InChI is InChI=1S/C8H11N3OSi/c1-13(2,3)12-8-10-5-4-7(6-9)11-8/h4-5H,1-3H3. The Balaban J connectivity index is 2.86. The van der Waals surface area contributed by atoms with Crippen LogP contribution < -0.4 is 4.43 Å². The number of aromatic nitrogens is 2. The van der Waals surface area contributed by atoms with E-state index in [9.17, 15) is 0 Å². The Morgan fingerprint density at radius 3 is 2.69 bits per heavy atom. The van der Waals surface area contributed by atoms with Crippen molar-refractivity contribution in [3.05, 3.63) is 18.0 Å². The highest BCUT2D eigenvalue weighted by molar-refractivity contribution is 6.70. The molecule has 0 aliphatic heterocycles. The Labute approximate surface area is 78.3 Å². The first kappa shape index (κ1) is 9.67. The molecule has 0 spiro atoms. The summed E-state index contributed by atoms with van der Waals surface area (Å²) < 4.78 is 5.51. The van der Waals surface area contributed by atoms with Gasteiger partial charge >= 0.3 is 6.01 Å². The summed E-state index contributed by atoms with van der Waals surface area (Å²) in [7, 11) is -1.67. The summed E-state index contributed by atoms with van der Waals surface area (Å²) in [5, 5.41) is 8.58. The Morgan fingerprint density at radius 1 is 1.46 bits per heavy atom. The third kappa shape index (κ3) is 3.21. The van der Waals surface area contributed by atoms with E-state index in [4.69, 9.17) is 9.69 Å². The number of hydrogen-bond donors (Lipinski definition) is 0. The summed E-state index contributed by atoms with van der Waals surface area (Å²) in [6.45, 7) is 6.11. The molecule has 0 unspecified atom stereocenters. The smallest absolute Gasteiger partial charge is 0.303 e. The van der Waals surface area contributed by atoms with Crippen LogP contribution in [0.15, 0.2) is 12.3 Å². The highest BCUT2D eigenvalue weighted by atomic mass is 28.4. The van der Waals surface area contributed by atoms with Gasteiger partial charge in [-0.25, -0.2) is 4.98 Å². The molecule has 1 aromatic heterocycles. The van der Waals surface area contributed by atoms with Gasteiger partial charge in [-0.2, -0.15) is 10.2 Å². The number of rotatable bonds is 2. The molecule has 0 saturated heterocycles. The summed E-state index contributed by atoms with van der Waals surface area (Å²) in [6, 6.07) is 3.79. The van der Waals surface area contributed by atoms with Gasteiger partial charge in [-0.3, -0.25) is 0 Å². The van der Waals surface area contributed by atoms with Crippen LogP contribution in [0.25, 0.3) is 0 Å². The Morgan fingerprint density at radius 2 is 2.15 bits per heavy atom. The SMILES string of the molecule is C[Si](C)(C)Oc1nccc(C#N)n1. The van der Waals surface area contributed by atoms with Crippen LogP contribution >= 0.6 is 0 Å². The van der Waals surface area contributed by atoms with Crippen molar-refractivity contribution in [2.75, 3.05) is 0 Å². The van der Waals surface area contributed by atoms with Crippen LogP contribution in [0.4, 0.5) is 0 Å². The van der Waals surface area contributed by atoms with Crippen LogP contribution in [0.5, 0.6) is 6.01 Å². The first-order chi connectivity index (χ1) is 6.01. The molecular formula is C8H11N3OSi. The second-order valence-corrected chi connectivity index (χ2v) is 7.98. The topological polar surface area (TPSA) is 58.8 Å². The van der Waals surface area contributed by atoms with E-state index in [1.807, 2.05) is 25.7 Å². The van der Waals surface area contributed by atoms with Gasteiger partial charge in [0.1, 0.15) is 11.8 Å². The van der Waals surface area contributed by atoms with E-state index >= 15 is 0 Å². The summed E-state index contributed by atoms with van der Waals surface area (Å²) in [5.41, 5.74) is 0.336. The van der Waals surface area contributed by atoms with E-state index in [1.54, 1.807) is 6.07 Å². The van der Waals surface area contributed by atoms with Gasteiger partial charge in [0.2, 0.25) is 8.32 Å². The zero-order valence-electron chi connectivity index (χ0n) is 7.90. The lowest BCUT2D eigenvalue weighted by atomic mass is 10.4. The number of nitrogens with zero attached hydrogens (tertiary/aromatic N) is 3. The summed E-state index contributed by atoms with van der Waals surface area (Å²) in [4.78, 5) is 7.84. The molecule has 0 bridgehead atoms. The van der Waals surface area contributed by atoms with E-state index in [1.165, 1.54) is 6.20 Å². The molecule has 1 heterocycles. The predicted octanol–water partition coefficient (Wildman–Crippen LogP) is 1.56. The van der Waals surface area contributed by atoms with Crippen LogP contribution in [-0.4, -0.2) is 18.3 Å². The molecule has 1 rings (SSSR count). The largest absolute Gasteiger partial charge is 0.518 e. The number of hydrogen-bond acceptors (Lipinski definition) is 4. The molecule has 68 valence electrons. The fourth-order valence-corrected chi connectivity index (χ4v) is 1.37. The van der Waals surface area contributed by atoms with E-state index in [-0.39, 0.29) is 0 Å². The molecule has 5 heteroatoms. The Kier molecular flexibility index (Phi) is 2.63. The molecule has 0 atom stereocenters. The Hall–Kier alpha value is -1.41. The average Bonchev–Trinajstić information content (AvgIpc) is 2.01. The average molecular weight is 193 g/mol. The fourth-order valence-electron chi connectivity index (χ4n) is 0.726. The zero-order valence-corrected chi connectivity index (χ0v) is 8.90. The van der Waals surface area contributed by atoms with E-state index in [2.05, 4.69) is 9.97 Å². The highest BCUT2D eigenvalue weighted by Gasteiger charge is 2.17. The fraction of sp³-hybridized carbons (Fsp3) is 0.375. The van der Waals surface area contributed by atoms with Crippen molar-refractivity contribution in [2.45, 2.75) is 19.6 Å². The minimum absolute atomic E-state index is 0.304. The molecular weight excluding hydrogens is 182 g/mol. The monoisotopic (exact) mass is 193 g/mol. The minimum atomic E-state index is -1.67. The second-order valence-electron chi connectivity index (χ2n) is 3.55. The van der Waals surface area contributed by atoms with Crippen LogP contribution in [0.1, 0.15) is 5.69 Å². The second kappa shape index (κ2) is 3.54. The van der Waals surface area contributed by atoms with Gasteiger partial charge in [-0.1, -0.05) is 0 Å². The minimum Gasteiger partial charge on any atom is -0.518 e. The molecule has 1 aromatic rings. The van der Waals surface area contributed by atoms with Crippen molar-refractivity contribution in [3.8, 4) is 12.1 Å². The van der Waals surface area contributed by atoms with Gasteiger partial charge in [0.25, 0.3) is 0 Å². The summed E-state index contributed by atoms with van der Waals surface area (Å²) >= 11 is 0. The molecule has 0 aliphatic carbocycles. The van der Waals surface area contributed by atoms with Crippen LogP contribution in [-0.2, 0) is 0 Å². The zero-order chi connectivity index (χ0) is 9.90. The van der Waals surface area contributed by atoms with E-state index < -0.39 is 8.32 Å². The first-order valence-electron chi connectivity index (χ1n) is 3.93. The van der Waals surface area contributed by atoms with Crippen molar-refractivity contribution in [3.63, 3.8) is 0 Å². The van der Waals surface area contributed by atoms with Crippen molar-refractivity contribution in [1.82, 2.24) is 9.97 Å². The van der Waals surface area contributed by atoms with Crippen molar-refractivity contribution in [1.29, 1.82) is 5.26 Å². The van der Waals surface area contributed by atoms with Crippen LogP contribution in [0, 0.1) is 11.3 Å². The highest BCUT2D eigenvalue weighted by Crippen LogP contribution is 2.09. The molecule has 4 nitrogen and oxygen atoms in total. The van der Waals surface area contributed by atoms with Gasteiger partial charge < -0.3 is 4.43 Å². The third-order valence-corrected chi connectivity index (χ3v) is 1.94. The molecule has 0 N–H and O–H groups in total. The lowest BCUT2D eigenvalue weighted by Gasteiger charge is -2.16. The van der Waals surface area contributed by atoms with Crippen molar-refractivity contribution >= 4 is 8.32 Å². The predicted molar refractivity (Wildman–Crippen MR) is 50.7 cm³/mol. The van der Waals surface area contributed by atoms with Crippen molar-refractivity contribution in [2.24, 2.45) is 0 Å². The van der Waals surface area contributed by atoms with Gasteiger partial charge in [0, 0.05) is 6.20 Å². The van der Waals surface area contributed by atoms with E-state index in [0.717, 1.165) is 0 Å². The van der Waals surface area contributed by atoms with Crippen LogP contribution in [0.2, 0.25) is 19.6 Å². The maximum Gasteiger partial charge on any atom is 0.303 e. The lowest BCUT2D eigenvalue weighted by Crippen LogP contribution is -2.30. The summed E-state index contributed by atoms with van der Waals surface area (Å²) in [5.74, 6) is 0. The quantitative estimate of drug-likeness (QED) is 0.669. The van der Waals surface area contributed by atoms with Gasteiger partial charge in [-0.15, -0.1) is 0 Å². The van der Waals surface area contributed by atoms with Gasteiger partial charge in [0.05, 0.1) is 0 Å². The molecule has 0 amide bonds. The number of nitriles is 1. The lowest BCUT2D eigenvalue weighted by molar-refractivity contribution is 0.508. The van der Waals surface area contributed by atoms with Gasteiger partial charge in [0.15, 0.2) is 0 Å². The molecule has 0 saturated carbocycles. The van der Waals surface area contributed by atoms with E-state index in [0.29, 0.717) is 11.7 Å². The van der Waals surface area contributed by atoms with Crippen LogP contribution in [0.3, 0.4) is 0 Å². The molecule has 0 aliphatic rings. The Bertz CT molecular complexity index is 340. The first-order valence-corrected chi connectivity index (χ1v) is 7.34. The third-order valence-electron chi connectivity index (χ3n) is 1.15. The van der Waals surface area contributed by atoms with Crippen molar-refractivity contribution < 1.29 is 4.43 Å². The molecule has 0 fully saturated rings. The molecule has 0 radical (unpaired) electrons. The van der Waals surface area contributed by atoms with Gasteiger partial charge in [-0.05, 0) is 25.7 Å². The maximum absolute atomic E-state index is 8.58. The molecule has 0 aromatic carbocycles. The summed E-state index contributed by atoms with van der Waals surface area (Å²) in [6.07, 6.45) is 1.53. The maximum atomic E-state index is 8.58.